The SMILES string of the molecule is Cc1ccc(C)c(NCc2coc3ccccc23)c1. The number of para-hydroxylation sites is 1. The molecule has 0 aliphatic heterocycles. The third kappa shape index (κ3) is 2.34. The van der Waals surface area contributed by atoms with Gasteiger partial charge in [0, 0.05) is 23.2 Å². The highest BCUT2D eigenvalue weighted by Crippen LogP contribution is 2.23. The molecule has 0 aliphatic carbocycles. The predicted molar refractivity (Wildman–Crippen MR) is 79.5 cm³/mol. The summed E-state index contributed by atoms with van der Waals surface area (Å²) in [7, 11) is 0. The monoisotopic (exact) mass is 251 g/mol. The zero-order valence-corrected chi connectivity index (χ0v) is 11.2. The Morgan fingerprint density at radius 3 is 2.79 bits per heavy atom. The lowest BCUT2D eigenvalue weighted by Crippen LogP contribution is -2.00. The maximum Gasteiger partial charge on any atom is 0.134 e. The van der Waals surface area contributed by atoms with Crippen molar-refractivity contribution in [1.82, 2.24) is 0 Å². The van der Waals surface area contributed by atoms with Gasteiger partial charge in [-0.2, -0.15) is 0 Å². The van der Waals surface area contributed by atoms with Gasteiger partial charge in [0.25, 0.3) is 0 Å². The van der Waals surface area contributed by atoms with Crippen molar-refractivity contribution in [3.63, 3.8) is 0 Å². The van der Waals surface area contributed by atoms with Crippen molar-refractivity contribution in [3.05, 3.63) is 65.4 Å². The third-order valence-electron chi connectivity index (χ3n) is 3.42. The van der Waals surface area contributed by atoms with Crippen molar-refractivity contribution in [2.24, 2.45) is 0 Å². The molecular formula is C17H17NO. The fourth-order valence-electron chi connectivity index (χ4n) is 2.29. The number of hydrogen-bond acceptors (Lipinski definition) is 2. The molecule has 0 bridgehead atoms. The van der Waals surface area contributed by atoms with Crippen molar-refractivity contribution in [1.29, 1.82) is 0 Å². The highest BCUT2D eigenvalue weighted by atomic mass is 16.3. The molecule has 0 radical (unpaired) electrons. The molecule has 1 heterocycles. The molecule has 0 spiro atoms. The summed E-state index contributed by atoms with van der Waals surface area (Å²) in [5.41, 5.74) is 5.85. The van der Waals surface area contributed by atoms with Gasteiger partial charge < -0.3 is 9.73 Å². The first-order valence-electron chi connectivity index (χ1n) is 6.50. The van der Waals surface area contributed by atoms with Gasteiger partial charge in [0.05, 0.1) is 6.26 Å². The van der Waals surface area contributed by atoms with E-state index in [0.717, 1.165) is 12.1 Å². The smallest absolute Gasteiger partial charge is 0.134 e. The largest absolute Gasteiger partial charge is 0.464 e. The second-order valence-electron chi connectivity index (χ2n) is 4.93. The van der Waals surface area contributed by atoms with E-state index in [4.69, 9.17) is 4.42 Å². The number of anilines is 1. The molecule has 0 saturated carbocycles. The van der Waals surface area contributed by atoms with E-state index < -0.39 is 0 Å². The van der Waals surface area contributed by atoms with Gasteiger partial charge in [-0.1, -0.05) is 30.3 Å². The first-order valence-corrected chi connectivity index (χ1v) is 6.50. The minimum Gasteiger partial charge on any atom is -0.464 e. The Kier molecular flexibility index (Phi) is 3.00. The minimum atomic E-state index is 0.779. The zero-order valence-electron chi connectivity index (χ0n) is 11.2. The Balaban J connectivity index is 1.84. The number of furan rings is 1. The molecule has 0 saturated heterocycles. The van der Waals surface area contributed by atoms with Crippen molar-refractivity contribution in [2.45, 2.75) is 20.4 Å². The summed E-state index contributed by atoms with van der Waals surface area (Å²) < 4.78 is 5.55. The Labute approximate surface area is 113 Å². The normalized spacial score (nSPS) is 10.8. The molecular weight excluding hydrogens is 234 g/mol. The number of hydrogen-bond donors (Lipinski definition) is 1. The van der Waals surface area contributed by atoms with Gasteiger partial charge in [-0.25, -0.2) is 0 Å². The Morgan fingerprint density at radius 2 is 1.89 bits per heavy atom. The molecule has 19 heavy (non-hydrogen) atoms. The van der Waals surface area contributed by atoms with Gasteiger partial charge in [0.2, 0.25) is 0 Å². The Hall–Kier alpha value is -2.22. The van der Waals surface area contributed by atoms with E-state index in [0.29, 0.717) is 0 Å². The third-order valence-corrected chi connectivity index (χ3v) is 3.42. The molecule has 1 aromatic heterocycles. The quantitative estimate of drug-likeness (QED) is 0.732. The van der Waals surface area contributed by atoms with Crippen LogP contribution in [0, 0.1) is 13.8 Å². The molecule has 0 unspecified atom stereocenters. The average molecular weight is 251 g/mol. The maximum absolute atomic E-state index is 5.55. The van der Waals surface area contributed by atoms with Crippen LogP contribution in [-0.2, 0) is 6.54 Å². The molecule has 0 fully saturated rings. The van der Waals surface area contributed by atoms with E-state index in [9.17, 15) is 0 Å². The van der Waals surface area contributed by atoms with E-state index in [-0.39, 0.29) is 0 Å². The standard InChI is InChI=1S/C17H17NO/c1-12-7-8-13(2)16(9-12)18-10-14-11-19-17-6-4-3-5-15(14)17/h3-9,11,18H,10H2,1-2H3. The lowest BCUT2D eigenvalue weighted by molar-refractivity contribution is 0.611. The average Bonchev–Trinajstić information content (AvgIpc) is 2.83. The van der Waals surface area contributed by atoms with Crippen molar-refractivity contribution >= 4 is 16.7 Å². The lowest BCUT2D eigenvalue weighted by atomic mass is 10.1. The van der Waals surface area contributed by atoms with Gasteiger partial charge >= 0.3 is 0 Å². The van der Waals surface area contributed by atoms with E-state index in [2.05, 4.69) is 43.4 Å². The molecule has 2 nitrogen and oxygen atoms in total. The van der Waals surface area contributed by atoms with E-state index in [1.165, 1.54) is 27.8 Å². The minimum absolute atomic E-state index is 0.779. The second kappa shape index (κ2) is 4.81. The summed E-state index contributed by atoms with van der Waals surface area (Å²) >= 11 is 0. The van der Waals surface area contributed by atoms with Crippen molar-refractivity contribution in [3.8, 4) is 0 Å². The van der Waals surface area contributed by atoms with Gasteiger partial charge in [-0.3, -0.25) is 0 Å². The highest BCUT2D eigenvalue weighted by Gasteiger charge is 2.05. The van der Waals surface area contributed by atoms with Crippen LogP contribution in [0.2, 0.25) is 0 Å². The topological polar surface area (TPSA) is 25.2 Å². The summed E-state index contributed by atoms with van der Waals surface area (Å²) in [6, 6.07) is 14.6. The molecule has 1 N–H and O–H groups in total. The highest BCUT2D eigenvalue weighted by molar-refractivity contribution is 5.81. The number of benzene rings is 2. The summed E-state index contributed by atoms with van der Waals surface area (Å²) in [5, 5.41) is 4.67. The van der Waals surface area contributed by atoms with E-state index >= 15 is 0 Å². The summed E-state index contributed by atoms with van der Waals surface area (Å²) in [5.74, 6) is 0. The van der Waals surface area contributed by atoms with E-state index in [1.807, 2.05) is 24.5 Å². The number of fused-ring (bicyclic) bond motifs is 1. The van der Waals surface area contributed by atoms with E-state index in [1.54, 1.807) is 0 Å². The maximum atomic E-state index is 5.55. The molecule has 3 aromatic rings. The molecule has 0 atom stereocenters. The molecule has 0 aliphatic rings. The number of rotatable bonds is 3. The van der Waals surface area contributed by atoms with Gasteiger partial charge in [-0.15, -0.1) is 0 Å². The van der Waals surface area contributed by atoms with Crippen LogP contribution in [0.15, 0.2) is 53.1 Å². The summed E-state index contributed by atoms with van der Waals surface area (Å²) in [6.07, 6.45) is 1.84. The number of nitrogens with one attached hydrogen (secondary N) is 1. The van der Waals surface area contributed by atoms with Crippen molar-refractivity contribution in [2.75, 3.05) is 5.32 Å². The van der Waals surface area contributed by atoms with Crippen LogP contribution >= 0.6 is 0 Å². The Bertz CT molecular complexity index is 712. The van der Waals surface area contributed by atoms with Crippen LogP contribution in [0.5, 0.6) is 0 Å². The van der Waals surface area contributed by atoms with Gasteiger partial charge in [0.15, 0.2) is 0 Å². The molecule has 0 amide bonds. The first kappa shape index (κ1) is 11.8. The molecule has 3 rings (SSSR count). The molecule has 96 valence electrons. The lowest BCUT2D eigenvalue weighted by Gasteiger charge is -2.09. The van der Waals surface area contributed by atoms with Gasteiger partial charge in [-0.05, 0) is 37.1 Å². The molecule has 2 heteroatoms. The van der Waals surface area contributed by atoms with Crippen LogP contribution in [0.4, 0.5) is 5.69 Å². The molecule has 2 aromatic carbocycles. The van der Waals surface area contributed by atoms with Crippen LogP contribution in [0.25, 0.3) is 11.0 Å². The first-order chi connectivity index (χ1) is 9.24. The second-order valence-corrected chi connectivity index (χ2v) is 4.93. The zero-order chi connectivity index (χ0) is 13.2. The predicted octanol–water partition coefficient (Wildman–Crippen LogP) is 4.66. The Morgan fingerprint density at radius 1 is 1.05 bits per heavy atom. The number of aryl methyl sites for hydroxylation is 2. The van der Waals surface area contributed by atoms with Crippen molar-refractivity contribution < 1.29 is 4.42 Å². The van der Waals surface area contributed by atoms with Crippen LogP contribution in [0.3, 0.4) is 0 Å². The fraction of sp³-hybridized carbons (Fsp3) is 0.176. The van der Waals surface area contributed by atoms with Crippen LogP contribution in [-0.4, -0.2) is 0 Å². The summed E-state index contributed by atoms with van der Waals surface area (Å²) in [6.45, 7) is 5.01. The van der Waals surface area contributed by atoms with Gasteiger partial charge in [0.1, 0.15) is 5.58 Å². The van der Waals surface area contributed by atoms with Crippen LogP contribution < -0.4 is 5.32 Å². The fourth-order valence-corrected chi connectivity index (χ4v) is 2.29. The summed E-state index contributed by atoms with van der Waals surface area (Å²) in [4.78, 5) is 0. The van der Waals surface area contributed by atoms with Crippen LogP contribution in [0.1, 0.15) is 16.7 Å².